The highest BCUT2D eigenvalue weighted by atomic mass is 28.4. The Morgan fingerprint density at radius 2 is 1.62 bits per heavy atom. The van der Waals surface area contributed by atoms with Gasteiger partial charge < -0.3 is 9.53 Å². The number of hydrogen-bond acceptors (Lipinski definition) is 2. The van der Waals surface area contributed by atoms with E-state index < -0.39 is 8.32 Å². The Kier molecular flexibility index (Phi) is 7.21. The van der Waals surface area contributed by atoms with Crippen molar-refractivity contribution >= 4 is 19.1 Å². The highest BCUT2D eigenvalue weighted by Gasteiger charge is 2.40. The van der Waals surface area contributed by atoms with Crippen LogP contribution in [0.15, 0.2) is 42.5 Å². The monoisotopic (exact) mass is 448 g/mol. The van der Waals surface area contributed by atoms with Crippen LogP contribution in [0.5, 0.6) is 5.75 Å². The Hall–Kier alpha value is -2.10. The number of benzene rings is 3. The summed E-state index contributed by atoms with van der Waals surface area (Å²) in [7, 11) is -2.00. The molecule has 0 saturated carbocycles. The van der Waals surface area contributed by atoms with Crippen LogP contribution in [0.25, 0.3) is 21.9 Å². The molecular formula is C29H40O2Si. The molecule has 0 bridgehead atoms. The van der Waals surface area contributed by atoms with Crippen LogP contribution in [0.2, 0.25) is 18.1 Å². The molecule has 0 saturated heterocycles. The lowest BCUT2D eigenvalue weighted by Crippen LogP contribution is -2.44. The molecule has 3 aromatic carbocycles. The van der Waals surface area contributed by atoms with Crippen LogP contribution in [0.3, 0.4) is 0 Å². The minimum Gasteiger partial charge on any atom is -0.543 e. The van der Waals surface area contributed by atoms with Gasteiger partial charge in [-0.3, -0.25) is 0 Å². The molecule has 1 N–H and O–H groups in total. The third kappa shape index (κ3) is 4.65. The van der Waals surface area contributed by atoms with Crippen molar-refractivity contribution in [1.29, 1.82) is 0 Å². The Bertz CT molecular complexity index is 1110. The summed E-state index contributed by atoms with van der Waals surface area (Å²) in [4.78, 5) is 0. The van der Waals surface area contributed by atoms with Gasteiger partial charge in [0, 0.05) is 0 Å². The van der Waals surface area contributed by atoms with Crippen molar-refractivity contribution in [2.24, 2.45) is 0 Å². The van der Waals surface area contributed by atoms with E-state index in [0.717, 1.165) is 36.1 Å². The predicted octanol–water partition coefficient (Wildman–Crippen LogP) is 8.34. The predicted molar refractivity (Wildman–Crippen MR) is 141 cm³/mol. The summed E-state index contributed by atoms with van der Waals surface area (Å²) in [5.41, 5.74) is 7.16. The number of aliphatic hydroxyl groups excluding tert-OH is 1. The summed E-state index contributed by atoms with van der Waals surface area (Å²) in [6.07, 6.45) is 3.33. The third-order valence-electron chi connectivity index (χ3n) is 7.18. The van der Waals surface area contributed by atoms with Gasteiger partial charge in [-0.25, -0.2) is 0 Å². The zero-order chi connectivity index (χ0) is 23.7. The molecule has 0 aliphatic carbocycles. The van der Waals surface area contributed by atoms with Gasteiger partial charge in [-0.2, -0.15) is 0 Å². The first-order valence-electron chi connectivity index (χ1n) is 12.0. The van der Waals surface area contributed by atoms with E-state index in [0.29, 0.717) is 0 Å². The molecule has 0 heterocycles. The number of aliphatic hydroxyl groups is 1. The van der Waals surface area contributed by atoms with Crippen LogP contribution in [0, 0.1) is 13.8 Å². The number of rotatable bonds is 7. The SMILES string of the molecule is CCCCc1cc(C)c(O[Si](C)(C)C(C)(C)C)c(C)c1-c1c(CO)ccc2ccccc12. The molecule has 0 aliphatic heterocycles. The number of aryl methyl sites for hydroxylation is 2. The second kappa shape index (κ2) is 9.41. The van der Waals surface area contributed by atoms with Gasteiger partial charge in [0.15, 0.2) is 0 Å². The van der Waals surface area contributed by atoms with Crippen LogP contribution >= 0.6 is 0 Å². The molecule has 0 amide bonds. The quantitative estimate of drug-likeness (QED) is 0.368. The lowest BCUT2D eigenvalue weighted by atomic mass is 9.85. The van der Waals surface area contributed by atoms with Crippen molar-refractivity contribution < 1.29 is 9.53 Å². The average Bonchev–Trinajstić information content (AvgIpc) is 2.74. The largest absolute Gasteiger partial charge is 0.543 e. The Labute approximate surface area is 195 Å². The minimum absolute atomic E-state index is 0.0269. The van der Waals surface area contributed by atoms with Gasteiger partial charge in [0.25, 0.3) is 8.32 Å². The van der Waals surface area contributed by atoms with Crippen molar-refractivity contribution in [3.8, 4) is 16.9 Å². The topological polar surface area (TPSA) is 29.5 Å². The fourth-order valence-electron chi connectivity index (χ4n) is 4.27. The number of fused-ring (bicyclic) bond motifs is 1. The Morgan fingerprint density at radius 3 is 2.25 bits per heavy atom. The van der Waals surface area contributed by atoms with Crippen LogP contribution < -0.4 is 4.43 Å². The number of hydrogen-bond donors (Lipinski definition) is 1. The Morgan fingerprint density at radius 1 is 0.938 bits per heavy atom. The normalized spacial score (nSPS) is 12.4. The van der Waals surface area contributed by atoms with Gasteiger partial charge in [0.05, 0.1) is 6.61 Å². The molecule has 0 atom stereocenters. The van der Waals surface area contributed by atoms with Crippen molar-refractivity contribution in [2.75, 3.05) is 0 Å². The summed E-state index contributed by atoms with van der Waals surface area (Å²) in [6, 6.07) is 15.0. The maximum atomic E-state index is 10.3. The molecule has 3 aromatic rings. The summed E-state index contributed by atoms with van der Waals surface area (Å²) < 4.78 is 6.91. The van der Waals surface area contributed by atoms with Crippen molar-refractivity contribution in [2.45, 2.75) is 85.5 Å². The van der Waals surface area contributed by atoms with Crippen molar-refractivity contribution in [3.05, 3.63) is 64.7 Å². The summed E-state index contributed by atoms with van der Waals surface area (Å²) in [5.74, 6) is 1.03. The second-order valence-corrected chi connectivity index (χ2v) is 15.4. The first kappa shape index (κ1) is 24.5. The highest BCUT2D eigenvalue weighted by Crippen LogP contribution is 2.45. The van der Waals surface area contributed by atoms with Gasteiger partial charge in [0.2, 0.25) is 0 Å². The van der Waals surface area contributed by atoms with E-state index >= 15 is 0 Å². The van der Waals surface area contributed by atoms with Gasteiger partial charge in [-0.1, -0.05) is 76.6 Å². The molecule has 0 aliphatic rings. The van der Waals surface area contributed by atoms with E-state index in [1.165, 1.54) is 33.0 Å². The van der Waals surface area contributed by atoms with E-state index in [4.69, 9.17) is 4.43 Å². The fourth-order valence-corrected chi connectivity index (χ4v) is 5.40. The first-order valence-corrected chi connectivity index (χ1v) is 14.9. The lowest BCUT2D eigenvalue weighted by molar-refractivity contribution is 0.282. The molecule has 0 spiro atoms. The average molecular weight is 449 g/mol. The van der Waals surface area contributed by atoms with Crippen LogP contribution in [-0.4, -0.2) is 13.4 Å². The van der Waals surface area contributed by atoms with E-state index in [2.05, 4.69) is 97.1 Å². The molecule has 0 unspecified atom stereocenters. The first-order chi connectivity index (χ1) is 15.0. The fraction of sp³-hybridized carbons (Fsp3) is 0.448. The van der Waals surface area contributed by atoms with Gasteiger partial charge in [-0.15, -0.1) is 0 Å². The molecule has 0 aromatic heterocycles. The van der Waals surface area contributed by atoms with Crippen LogP contribution in [-0.2, 0) is 13.0 Å². The zero-order valence-corrected chi connectivity index (χ0v) is 22.2. The molecule has 0 radical (unpaired) electrons. The van der Waals surface area contributed by atoms with E-state index in [-0.39, 0.29) is 11.6 Å². The highest BCUT2D eigenvalue weighted by molar-refractivity contribution is 6.74. The zero-order valence-electron chi connectivity index (χ0n) is 21.2. The lowest BCUT2D eigenvalue weighted by Gasteiger charge is -2.38. The maximum Gasteiger partial charge on any atom is 0.250 e. The summed E-state index contributed by atoms with van der Waals surface area (Å²) >= 11 is 0. The van der Waals surface area contributed by atoms with Gasteiger partial charge in [-0.05, 0) is 89.0 Å². The molecule has 172 valence electrons. The van der Waals surface area contributed by atoms with E-state index in [1.54, 1.807) is 0 Å². The summed E-state index contributed by atoms with van der Waals surface area (Å²) in [5, 5.41) is 12.8. The maximum absolute atomic E-state index is 10.3. The van der Waals surface area contributed by atoms with Crippen LogP contribution in [0.4, 0.5) is 0 Å². The van der Waals surface area contributed by atoms with E-state index in [9.17, 15) is 5.11 Å². The second-order valence-electron chi connectivity index (χ2n) is 10.6. The summed E-state index contributed by atoms with van der Waals surface area (Å²) in [6.45, 7) is 18.2. The molecule has 3 rings (SSSR count). The van der Waals surface area contributed by atoms with Gasteiger partial charge >= 0.3 is 0 Å². The third-order valence-corrected chi connectivity index (χ3v) is 11.5. The van der Waals surface area contributed by atoms with E-state index in [1.807, 2.05) is 0 Å². The number of unbranched alkanes of at least 4 members (excludes halogenated alkanes) is 1. The smallest absolute Gasteiger partial charge is 0.250 e. The van der Waals surface area contributed by atoms with Gasteiger partial charge in [0.1, 0.15) is 5.75 Å². The Balaban J connectivity index is 2.35. The molecular weight excluding hydrogens is 408 g/mol. The molecule has 3 heteroatoms. The van der Waals surface area contributed by atoms with Crippen molar-refractivity contribution in [1.82, 2.24) is 0 Å². The van der Waals surface area contributed by atoms with Crippen LogP contribution in [0.1, 0.15) is 62.8 Å². The van der Waals surface area contributed by atoms with Crippen molar-refractivity contribution in [3.63, 3.8) is 0 Å². The molecule has 32 heavy (non-hydrogen) atoms. The molecule has 2 nitrogen and oxygen atoms in total. The minimum atomic E-state index is -2.00. The molecule has 0 fully saturated rings. The standard InChI is InChI=1S/C29H40O2Si/c1-9-10-13-23-18-20(2)28(31-32(7,8)29(4,5)6)21(3)26(23)27-24(19-30)17-16-22-14-11-12-15-25(22)27/h11-12,14-18,30H,9-10,13,19H2,1-8H3.